The van der Waals surface area contributed by atoms with Crippen molar-refractivity contribution in [3.63, 3.8) is 0 Å². The van der Waals surface area contributed by atoms with Crippen LogP contribution in [0.3, 0.4) is 0 Å². The van der Waals surface area contributed by atoms with Crippen molar-refractivity contribution >= 4 is 11.8 Å². The highest BCUT2D eigenvalue weighted by atomic mass is 16.4. The zero-order valence-corrected chi connectivity index (χ0v) is 10.0. The van der Waals surface area contributed by atoms with Crippen LogP contribution in [0.2, 0.25) is 0 Å². The van der Waals surface area contributed by atoms with Gasteiger partial charge in [-0.3, -0.25) is 0 Å². The number of aromatic nitrogens is 1. The van der Waals surface area contributed by atoms with Crippen molar-refractivity contribution in [2.45, 2.75) is 32.7 Å². The van der Waals surface area contributed by atoms with E-state index in [0.29, 0.717) is 11.5 Å². The first-order valence-electron chi connectivity index (χ1n) is 5.52. The van der Waals surface area contributed by atoms with E-state index < -0.39 is 5.97 Å². The van der Waals surface area contributed by atoms with Crippen molar-refractivity contribution in [2.75, 3.05) is 5.32 Å². The van der Waals surface area contributed by atoms with Crippen LogP contribution >= 0.6 is 0 Å². The second-order valence-electron chi connectivity index (χ2n) is 3.79. The predicted octanol–water partition coefficient (Wildman–Crippen LogP) is 2.30. The van der Waals surface area contributed by atoms with E-state index >= 15 is 0 Å². The van der Waals surface area contributed by atoms with E-state index in [4.69, 9.17) is 11.5 Å². The van der Waals surface area contributed by atoms with E-state index in [-0.39, 0.29) is 11.6 Å². The zero-order valence-electron chi connectivity index (χ0n) is 10.0. The molecule has 0 amide bonds. The molecule has 0 bridgehead atoms. The van der Waals surface area contributed by atoms with Crippen molar-refractivity contribution in [1.82, 2.24) is 4.98 Å². The Morgan fingerprint density at radius 3 is 2.82 bits per heavy atom. The third-order valence-corrected chi connectivity index (χ3v) is 2.42. The van der Waals surface area contributed by atoms with Gasteiger partial charge in [-0.1, -0.05) is 19.3 Å². The molecule has 0 aliphatic carbocycles. The number of hydrogen-bond donors (Lipinski definition) is 2. The Kier molecular flexibility index (Phi) is 4.53. The summed E-state index contributed by atoms with van der Waals surface area (Å²) in [6, 6.07) is 3.10. The number of nitrogens with zero attached hydrogens (tertiary/aromatic N) is 1. The SMILES string of the molecule is C#CC(CCC)Nc1ccc(C(=O)O)c(C)n1. The number of carboxylic acid groups (broad SMARTS) is 1. The van der Waals surface area contributed by atoms with Crippen LogP contribution in [0.25, 0.3) is 0 Å². The number of anilines is 1. The summed E-state index contributed by atoms with van der Waals surface area (Å²) < 4.78 is 0. The summed E-state index contributed by atoms with van der Waals surface area (Å²) >= 11 is 0. The molecule has 17 heavy (non-hydrogen) atoms. The predicted molar refractivity (Wildman–Crippen MR) is 67.1 cm³/mol. The molecule has 1 aromatic heterocycles. The Labute approximate surface area is 101 Å². The van der Waals surface area contributed by atoms with Gasteiger partial charge in [-0.05, 0) is 25.5 Å². The number of aryl methyl sites for hydroxylation is 1. The summed E-state index contributed by atoms with van der Waals surface area (Å²) in [5.74, 6) is 2.29. The summed E-state index contributed by atoms with van der Waals surface area (Å²) in [5, 5.41) is 12.0. The molecule has 1 aromatic rings. The number of aromatic carboxylic acids is 1. The molecule has 2 N–H and O–H groups in total. The molecule has 0 radical (unpaired) electrons. The lowest BCUT2D eigenvalue weighted by atomic mass is 10.1. The van der Waals surface area contributed by atoms with Crippen LogP contribution in [-0.4, -0.2) is 22.1 Å². The maximum absolute atomic E-state index is 10.8. The summed E-state index contributed by atoms with van der Waals surface area (Å²) in [5.41, 5.74) is 0.693. The molecule has 1 heterocycles. The van der Waals surface area contributed by atoms with Gasteiger partial charge in [0.05, 0.1) is 17.3 Å². The fourth-order valence-corrected chi connectivity index (χ4v) is 1.53. The van der Waals surface area contributed by atoms with Gasteiger partial charge in [-0.2, -0.15) is 0 Å². The van der Waals surface area contributed by atoms with Crippen LogP contribution in [-0.2, 0) is 0 Å². The second-order valence-corrected chi connectivity index (χ2v) is 3.79. The third-order valence-electron chi connectivity index (χ3n) is 2.42. The Bertz CT molecular complexity index is 449. The van der Waals surface area contributed by atoms with Crippen LogP contribution in [0.1, 0.15) is 35.8 Å². The molecule has 0 saturated heterocycles. The summed E-state index contributed by atoms with van der Waals surface area (Å²) in [6.07, 6.45) is 7.23. The molecular formula is C13H16N2O2. The normalized spacial score (nSPS) is 11.6. The first kappa shape index (κ1) is 13.0. The van der Waals surface area contributed by atoms with Crippen molar-refractivity contribution in [1.29, 1.82) is 0 Å². The van der Waals surface area contributed by atoms with E-state index in [1.165, 1.54) is 6.07 Å². The smallest absolute Gasteiger partial charge is 0.337 e. The Morgan fingerprint density at radius 1 is 1.65 bits per heavy atom. The number of carboxylic acids is 1. The average Bonchev–Trinajstić information content (AvgIpc) is 2.28. The van der Waals surface area contributed by atoms with Crippen LogP contribution in [0, 0.1) is 19.3 Å². The molecule has 90 valence electrons. The number of pyridine rings is 1. The lowest BCUT2D eigenvalue weighted by molar-refractivity contribution is 0.0695. The minimum Gasteiger partial charge on any atom is -0.478 e. The summed E-state index contributed by atoms with van der Waals surface area (Å²) in [7, 11) is 0. The average molecular weight is 232 g/mol. The van der Waals surface area contributed by atoms with Crippen LogP contribution in [0.5, 0.6) is 0 Å². The largest absolute Gasteiger partial charge is 0.478 e. The molecule has 0 fully saturated rings. The van der Waals surface area contributed by atoms with Gasteiger partial charge in [-0.15, -0.1) is 6.42 Å². The fourth-order valence-electron chi connectivity index (χ4n) is 1.53. The molecule has 0 aliphatic heterocycles. The standard InChI is InChI=1S/C13H16N2O2/c1-4-6-10(5-2)15-12-8-7-11(13(16)17)9(3)14-12/h2,7-8,10H,4,6H2,1,3H3,(H,14,15)(H,16,17). The minimum absolute atomic E-state index is 0.0671. The number of nitrogens with one attached hydrogen (secondary N) is 1. The number of rotatable bonds is 5. The van der Waals surface area contributed by atoms with Crippen molar-refractivity contribution in [3.05, 3.63) is 23.4 Å². The highest BCUT2D eigenvalue weighted by molar-refractivity contribution is 5.89. The van der Waals surface area contributed by atoms with Gasteiger partial charge in [0.2, 0.25) is 0 Å². The lowest BCUT2D eigenvalue weighted by Gasteiger charge is -2.13. The highest BCUT2D eigenvalue weighted by Gasteiger charge is 2.10. The molecule has 4 nitrogen and oxygen atoms in total. The maximum Gasteiger partial charge on any atom is 0.337 e. The molecule has 0 aromatic carbocycles. The van der Waals surface area contributed by atoms with Crippen LogP contribution in [0.4, 0.5) is 5.82 Å². The molecule has 1 rings (SSSR count). The Morgan fingerprint density at radius 2 is 2.35 bits per heavy atom. The van der Waals surface area contributed by atoms with Crippen LogP contribution < -0.4 is 5.32 Å². The second kappa shape index (κ2) is 5.90. The summed E-state index contributed by atoms with van der Waals surface area (Å²) in [4.78, 5) is 15.0. The van der Waals surface area contributed by atoms with Gasteiger partial charge in [0.15, 0.2) is 0 Å². The van der Waals surface area contributed by atoms with E-state index in [9.17, 15) is 4.79 Å². The highest BCUT2D eigenvalue weighted by Crippen LogP contribution is 2.12. The van der Waals surface area contributed by atoms with E-state index in [1.54, 1.807) is 13.0 Å². The third kappa shape index (κ3) is 3.49. The first-order chi connectivity index (χ1) is 8.08. The zero-order chi connectivity index (χ0) is 12.8. The number of carbonyl (C=O) groups is 1. The molecule has 1 unspecified atom stereocenters. The van der Waals surface area contributed by atoms with E-state index in [0.717, 1.165) is 12.8 Å². The van der Waals surface area contributed by atoms with E-state index in [1.807, 2.05) is 0 Å². The number of hydrogen-bond acceptors (Lipinski definition) is 3. The number of terminal acetylenes is 1. The van der Waals surface area contributed by atoms with Crippen LogP contribution in [0.15, 0.2) is 12.1 Å². The maximum atomic E-state index is 10.8. The fraction of sp³-hybridized carbons (Fsp3) is 0.385. The minimum atomic E-state index is -0.969. The molecule has 1 atom stereocenters. The van der Waals surface area contributed by atoms with Gasteiger partial charge < -0.3 is 10.4 Å². The molecule has 0 spiro atoms. The topological polar surface area (TPSA) is 62.2 Å². The van der Waals surface area contributed by atoms with Gasteiger partial charge in [-0.25, -0.2) is 9.78 Å². The van der Waals surface area contributed by atoms with Crippen molar-refractivity contribution in [3.8, 4) is 12.3 Å². The van der Waals surface area contributed by atoms with Gasteiger partial charge in [0.25, 0.3) is 0 Å². The first-order valence-corrected chi connectivity index (χ1v) is 5.52. The molecular weight excluding hydrogens is 216 g/mol. The molecule has 4 heteroatoms. The van der Waals surface area contributed by atoms with Gasteiger partial charge in [0.1, 0.15) is 5.82 Å². The van der Waals surface area contributed by atoms with Gasteiger partial charge >= 0.3 is 5.97 Å². The van der Waals surface area contributed by atoms with Crippen molar-refractivity contribution in [2.24, 2.45) is 0 Å². The molecule has 0 aliphatic rings. The lowest BCUT2D eigenvalue weighted by Crippen LogP contribution is -2.18. The Hall–Kier alpha value is -2.02. The van der Waals surface area contributed by atoms with Gasteiger partial charge in [0, 0.05) is 0 Å². The monoisotopic (exact) mass is 232 g/mol. The van der Waals surface area contributed by atoms with E-state index in [2.05, 4.69) is 23.1 Å². The quantitative estimate of drug-likeness (QED) is 0.765. The van der Waals surface area contributed by atoms with Crippen molar-refractivity contribution < 1.29 is 9.90 Å². The summed E-state index contributed by atoms with van der Waals surface area (Å²) in [6.45, 7) is 3.72. The molecule has 0 saturated carbocycles. The Balaban J connectivity index is 2.84.